The summed E-state index contributed by atoms with van der Waals surface area (Å²) >= 11 is 0. The third kappa shape index (κ3) is 4.16. The summed E-state index contributed by atoms with van der Waals surface area (Å²) in [4.78, 5) is 38.5. The highest BCUT2D eigenvalue weighted by Gasteiger charge is 2.47. The normalized spacial score (nSPS) is 15.5. The lowest BCUT2D eigenvalue weighted by Crippen LogP contribution is -2.63. The van der Waals surface area contributed by atoms with Gasteiger partial charge in [0.15, 0.2) is 0 Å². The zero-order valence-corrected chi connectivity index (χ0v) is 19.3. The van der Waals surface area contributed by atoms with E-state index in [2.05, 4.69) is 29.6 Å². The first-order chi connectivity index (χ1) is 16.9. The van der Waals surface area contributed by atoms with Crippen LogP contribution in [0.2, 0.25) is 0 Å². The smallest absolute Gasteiger partial charge is 0.408 e. The van der Waals surface area contributed by atoms with E-state index in [1.54, 1.807) is 7.05 Å². The number of ether oxygens (including phenoxy) is 1. The minimum absolute atomic E-state index is 0.0637. The van der Waals surface area contributed by atoms with E-state index >= 15 is 0 Å². The highest BCUT2D eigenvalue weighted by molar-refractivity contribution is 5.91. The van der Waals surface area contributed by atoms with Gasteiger partial charge in [0.2, 0.25) is 11.7 Å². The van der Waals surface area contributed by atoms with Crippen molar-refractivity contribution in [3.8, 4) is 11.1 Å². The summed E-state index contributed by atoms with van der Waals surface area (Å²) in [6, 6.07) is 19.1. The highest BCUT2D eigenvalue weighted by atomic mass is 16.5. The molecule has 2 amide bonds. The van der Waals surface area contributed by atoms with Crippen LogP contribution in [0.3, 0.4) is 0 Å². The fourth-order valence-corrected chi connectivity index (χ4v) is 5.00. The van der Waals surface area contributed by atoms with Crippen LogP contribution in [0.1, 0.15) is 52.6 Å². The van der Waals surface area contributed by atoms with Crippen LogP contribution in [0.15, 0.2) is 65.1 Å². The standard InChI is InChI=1S/C27H26N2O6/c1-29(15-17-11-12-23(35-17)24(30)31)25(32)27(13-6-14-27)28-26(33)34-16-22-20-9-4-2-7-18(20)19-8-3-5-10-21(19)22/h2-5,7-12,22H,6,13-16H2,1H3,(H,28,33)(H,30,31). The quantitative estimate of drug-likeness (QED) is 0.525. The van der Waals surface area contributed by atoms with E-state index in [1.165, 1.54) is 17.0 Å². The average Bonchev–Trinajstić information content (AvgIpc) is 3.42. The van der Waals surface area contributed by atoms with E-state index in [-0.39, 0.29) is 30.7 Å². The lowest BCUT2D eigenvalue weighted by Gasteiger charge is -2.42. The van der Waals surface area contributed by atoms with Gasteiger partial charge in [-0.1, -0.05) is 48.5 Å². The number of aromatic carboxylic acids is 1. The maximum absolute atomic E-state index is 13.2. The molecule has 2 aliphatic carbocycles. The molecule has 2 aliphatic rings. The predicted octanol–water partition coefficient (Wildman–Crippen LogP) is 4.40. The van der Waals surface area contributed by atoms with Crippen molar-refractivity contribution in [3.05, 3.63) is 83.3 Å². The van der Waals surface area contributed by atoms with Crippen molar-refractivity contribution in [3.63, 3.8) is 0 Å². The number of alkyl carbamates (subject to hydrolysis) is 1. The number of amides is 2. The van der Waals surface area contributed by atoms with Crippen molar-refractivity contribution < 1.29 is 28.6 Å². The van der Waals surface area contributed by atoms with E-state index < -0.39 is 17.6 Å². The maximum Gasteiger partial charge on any atom is 0.408 e. The molecule has 2 N–H and O–H groups in total. The number of rotatable bonds is 7. The Morgan fingerprint density at radius 1 is 1.03 bits per heavy atom. The lowest BCUT2D eigenvalue weighted by molar-refractivity contribution is -0.141. The average molecular weight is 475 g/mol. The van der Waals surface area contributed by atoms with Gasteiger partial charge in [-0.2, -0.15) is 0 Å². The fraction of sp³-hybridized carbons (Fsp3) is 0.296. The summed E-state index contributed by atoms with van der Waals surface area (Å²) in [6.45, 7) is 0.268. The van der Waals surface area contributed by atoms with Gasteiger partial charge >= 0.3 is 12.1 Å². The number of hydrogen-bond acceptors (Lipinski definition) is 5. The molecule has 0 unspecified atom stereocenters. The first-order valence-corrected chi connectivity index (χ1v) is 11.6. The number of likely N-dealkylation sites (N-methyl/N-ethyl adjacent to an activating group) is 1. The van der Waals surface area contributed by atoms with Crippen molar-refractivity contribution in [2.45, 2.75) is 37.3 Å². The molecule has 0 spiro atoms. The van der Waals surface area contributed by atoms with Crippen LogP contribution >= 0.6 is 0 Å². The third-order valence-electron chi connectivity index (χ3n) is 6.91. The van der Waals surface area contributed by atoms with Crippen LogP contribution in [0.5, 0.6) is 0 Å². The van der Waals surface area contributed by atoms with E-state index in [1.807, 2.05) is 24.3 Å². The van der Waals surface area contributed by atoms with Crippen LogP contribution in [0.25, 0.3) is 11.1 Å². The zero-order chi connectivity index (χ0) is 24.6. The Morgan fingerprint density at radius 2 is 1.66 bits per heavy atom. The molecular formula is C27H26N2O6. The SMILES string of the molecule is CN(Cc1ccc(C(=O)O)o1)C(=O)C1(NC(=O)OCC2c3ccccc3-c3ccccc32)CCC1. The van der Waals surface area contributed by atoms with Crippen molar-refractivity contribution in [1.29, 1.82) is 0 Å². The number of hydrogen-bond donors (Lipinski definition) is 2. The molecule has 1 fully saturated rings. The van der Waals surface area contributed by atoms with Crippen molar-refractivity contribution in [2.75, 3.05) is 13.7 Å². The van der Waals surface area contributed by atoms with Gasteiger partial charge in [-0.05, 0) is 53.6 Å². The summed E-state index contributed by atoms with van der Waals surface area (Å²) < 4.78 is 10.9. The Kier molecular flexibility index (Phi) is 5.80. The van der Waals surface area contributed by atoms with Crippen LogP contribution in [-0.4, -0.2) is 47.2 Å². The Bertz CT molecular complexity index is 1250. The topological polar surface area (TPSA) is 109 Å². The van der Waals surface area contributed by atoms with Crippen molar-refractivity contribution in [1.82, 2.24) is 10.2 Å². The Morgan fingerprint density at radius 3 is 2.20 bits per heavy atom. The summed E-state index contributed by atoms with van der Waals surface area (Å²) in [5, 5.41) is 11.8. The lowest BCUT2D eigenvalue weighted by atomic mass is 9.75. The molecule has 0 saturated heterocycles. The summed E-state index contributed by atoms with van der Waals surface area (Å²) in [5.41, 5.74) is 3.51. The molecule has 2 aromatic carbocycles. The molecule has 3 aromatic rings. The Balaban J connectivity index is 1.23. The number of nitrogens with zero attached hydrogens (tertiary/aromatic N) is 1. The molecule has 180 valence electrons. The van der Waals surface area contributed by atoms with E-state index in [0.29, 0.717) is 18.6 Å². The number of nitrogens with one attached hydrogen (secondary N) is 1. The zero-order valence-electron chi connectivity index (χ0n) is 19.3. The summed E-state index contributed by atoms with van der Waals surface area (Å²) in [5.74, 6) is -1.32. The van der Waals surface area contributed by atoms with Gasteiger partial charge in [0.05, 0.1) is 6.54 Å². The molecule has 1 aromatic heterocycles. The van der Waals surface area contributed by atoms with Crippen LogP contribution in [-0.2, 0) is 16.1 Å². The first-order valence-electron chi connectivity index (χ1n) is 11.6. The second kappa shape index (κ2) is 8.94. The van der Waals surface area contributed by atoms with Crippen LogP contribution in [0, 0.1) is 0 Å². The minimum atomic E-state index is -1.17. The first kappa shape index (κ1) is 22.7. The Labute approximate surface area is 202 Å². The molecule has 1 saturated carbocycles. The molecule has 0 bridgehead atoms. The molecule has 8 heteroatoms. The molecule has 1 heterocycles. The molecular weight excluding hydrogens is 448 g/mol. The third-order valence-corrected chi connectivity index (χ3v) is 6.91. The van der Waals surface area contributed by atoms with Crippen molar-refractivity contribution in [2.24, 2.45) is 0 Å². The monoisotopic (exact) mass is 474 g/mol. The second-order valence-corrected chi connectivity index (χ2v) is 9.12. The molecule has 5 rings (SSSR count). The number of benzene rings is 2. The van der Waals surface area contributed by atoms with Gasteiger partial charge in [0.1, 0.15) is 17.9 Å². The number of carboxylic acid groups (broad SMARTS) is 1. The van der Waals surface area contributed by atoms with Gasteiger partial charge in [0, 0.05) is 13.0 Å². The van der Waals surface area contributed by atoms with E-state index in [9.17, 15) is 14.4 Å². The number of carbonyl (C=O) groups is 3. The fourth-order valence-electron chi connectivity index (χ4n) is 5.00. The molecule has 0 atom stereocenters. The number of furan rings is 1. The number of carbonyl (C=O) groups excluding carboxylic acids is 2. The minimum Gasteiger partial charge on any atom is -0.475 e. The van der Waals surface area contributed by atoms with Gasteiger partial charge in [0.25, 0.3) is 0 Å². The molecule has 8 nitrogen and oxygen atoms in total. The second-order valence-electron chi connectivity index (χ2n) is 9.12. The molecule has 35 heavy (non-hydrogen) atoms. The van der Waals surface area contributed by atoms with E-state index in [0.717, 1.165) is 28.7 Å². The van der Waals surface area contributed by atoms with Gasteiger partial charge in [-0.3, -0.25) is 4.79 Å². The van der Waals surface area contributed by atoms with Gasteiger partial charge in [-0.25, -0.2) is 9.59 Å². The van der Waals surface area contributed by atoms with Crippen LogP contribution < -0.4 is 5.32 Å². The van der Waals surface area contributed by atoms with E-state index in [4.69, 9.17) is 14.3 Å². The maximum atomic E-state index is 13.2. The summed E-state index contributed by atoms with van der Waals surface area (Å²) in [6.07, 6.45) is 1.21. The van der Waals surface area contributed by atoms with Crippen LogP contribution in [0.4, 0.5) is 4.79 Å². The Hall–Kier alpha value is -4.07. The largest absolute Gasteiger partial charge is 0.475 e. The van der Waals surface area contributed by atoms with Crippen molar-refractivity contribution >= 4 is 18.0 Å². The molecule has 0 radical (unpaired) electrons. The van der Waals surface area contributed by atoms with Gasteiger partial charge < -0.3 is 24.5 Å². The predicted molar refractivity (Wildman–Crippen MR) is 127 cm³/mol. The summed E-state index contributed by atoms with van der Waals surface area (Å²) in [7, 11) is 1.60. The molecule has 0 aliphatic heterocycles. The number of fused-ring (bicyclic) bond motifs is 3. The highest BCUT2D eigenvalue weighted by Crippen LogP contribution is 2.44. The van der Waals surface area contributed by atoms with Gasteiger partial charge in [-0.15, -0.1) is 0 Å². The number of carboxylic acids is 1.